The van der Waals surface area contributed by atoms with E-state index < -0.39 is 0 Å². The SMILES string of the molecule is CCCCOc1ccc(C(=O)Nc2cccc(NC(=O)COc3ccccc3OC)c2)cc1. The third kappa shape index (κ3) is 7.28. The van der Waals surface area contributed by atoms with E-state index in [4.69, 9.17) is 14.2 Å². The molecule has 172 valence electrons. The molecular formula is C26H28N2O5. The van der Waals surface area contributed by atoms with Crippen LogP contribution in [-0.2, 0) is 4.79 Å². The Labute approximate surface area is 193 Å². The Bertz CT molecular complexity index is 1070. The first-order valence-corrected chi connectivity index (χ1v) is 10.8. The Morgan fingerprint density at radius 2 is 1.52 bits per heavy atom. The molecule has 0 saturated carbocycles. The Morgan fingerprint density at radius 3 is 2.21 bits per heavy atom. The number of hydrogen-bond donors (Lipinski definition) is 2. The van der Waals surface area contributed by atoms with Crippen molar-refractivity contribution < 1.29 is 23.8 Å². The summed E-state index contributed by atoms with van der Waals surface area (Å²) in [7, 11) is 1.54. The lowest BCUT2D eigenvalue weighted by Crippen LogP contribution is -2.20. The van der Waals surface area contributed by atoms with Crippen LogP contribution in [0.5, 0.6) is 17.2 Å². The largest absolute Gasteiger partial charge is 0.494 e. The molecule has 0 aromatic heterocycles. The summed E-state index contributed by atoms with van der Waals surface area (Å²) in [6.45, 7) is 2.58. The summed E-state index contributed by atoms with van der Waals surface area (Å²) >= 11 is 0. The van der Waals surface area contributed by atoms with Crippen molar-refractivity contribution in [2.24, 2.45) is 0 Å². The standard InChI is InChI=1S/C26H28N2O5/c1-3-4-16-32-22-14-12-19(13-15-22)26(30)28-21-9-7-8-20(17-21)27-25(29)18-33-24-11-6-5-10-23(24)31-2/h5-15,17H,3-4,16,18H2,1-2H3,(H,27,29)(H,28,30). The van der Waals surface area contributed by atoms with E-state index in [9.17, 15) is 9.59 Å². The zero-order chi connectivity index (χ0) is 23.5. The first-order valence-electron chi connectivity index (χ1n) is 10.8. The van der Waals surface area contributed by atoms with Crippen molar-refractivity contribution in [1.82, 2.24) is 0 Å². The van der Waals surface area contributed by atoms with Crippen molar-refractivity contribution in [2.45, 2.75) is 19.8 Å². The van der Waals surface area contributed by atoms with Crippen LogP contribution in [0, 0.1) is 0 Å². The van der Waals surface area contributed by atoms with Gasteiger partial charge in [-0.15, -0.1) is 0 Å². The second-order valence-electron chi connectivity index (χ2n) is 7.25. The summed E-state index contributed by atoms with van der Waals surface area (Å²) in [6, 6.07) is 21.0. The molecule has 0 aliphatic rings. The maximum absolute atomic E-state index is 12.6. The fourth-order valence-corrected chi connectivity index (χ4v) is 2.99. The van der Waals surface area contributed by atoms with E-state index >= 15 is 0 Å². The van der Waals surface area contributed by atoms with Crippen molar-refractivity contribution in [3.05, 3.63) is 78.4 Å². The third-order valence-corrected chi connectivity index (χ3v) is 4.72. The van der Waals surface area contributed by atoms with Gasteiger partial charge in [0.05, 0.1) is 13.7 Å². The lowest BCUT2D eigenvalue weighted by Gasteiger charge is -2.11. The fourth-order valence-electron chi connectivity index (χ4n) is 2.99. The Hall–Kier alpha value is -4.00. The summed E-state index contributed by atoms with van der Waals surface area (Å²) in [5.41, 5.74) is 1.62. The van der Waals surface area contributed by atoms with Gasteiger partial charge in [-0.05, 0) is 61.0 Å². The van der Waals surface area contributed by atoms with Crippen molar-refractivity contribution in [2.75, 3.05) is 31.0 Å². The lowest BCUT2D eigenvalue weighted by molar-refractivity contribution is -0.118. The molecule has 0 atom stereocenters. The van der Waals surface area contributed by atoms with Crippen LogP contribution in [0.1, 0.15) is 30.1 Å². The highest BCUT2D eigenvalue weighted by molar-refractivity contribution is 6.04. The number of carbonyl (C=O) groups excluding carboxylic acids is 2. The predicted molar refractivity (Wildman–Crippen MR) is 128 cm³/mol. The van der Waals surface area contributed by atoms with Gasteiger partial charge in [-0.2, -0.15) is 0 Å². The molecule has 33 heavy (non-hydrogen) atoms. The molecule has 0 saturated heterocycles. The van der Waals surface area contributed by atoms with Crippen molar-refractivity contribution in [3.63, 3.8) is 0 Å². The van der Waals surface area contributed by atoms with Crippen LogP contribution in [0.2, 0.25) is 0 Å². The molecule has 0 radical (unpaired) electrons. The number of rotatable bonds is 11. The van der Waals surface area contributed by atoms with Gasteiger partial charge in [0.1, 0.15) is 5.75 Å². The van der Waals surface area contributed by atoms with Gasteiger partial charge in [-0.3, -0.25) is 9.59 Å². The molecular weight excluding hydrogens is 420 g/mol. The maximum atomic E-state index is 12.6. The molecule has 0 aliphatic carbocycles. The van der Waals surface area contributed by atoms with Crippen LogP contribution in [0.25, 0.3) is 0 Å². The number of amides is 2. The van der Waals surface area contributed by atoms with Crippen LogP contribution in [0.4, 0.5) is 11.4 Å². The number of methoxy groups -OCH3 is 1. The van der Waals surface area contributed by atoms with E-state index in [1.54, 1.807) is 66.7 Å². The smallest absolute Gasteiger partial charge is 0.262 e. The Kier molecular flexibility index (Phi) is 8.71. The highest BCUT2D eigenvalue weighted by Crippen LogP contribution is 2.25. The molecule has 3 aromatic carbocycles. The van der Waals surface area contributed by atoms with Crippen LogP contribution in [0.15, 0.2) is 72.8 Å². The summed E-state index contributed by atoms with van der Waals surface area (Å²) in [6.07, 6.45) is 2.05. The Balaban J connectivity index is 1.53. The maximum Gasteiger partial charge on any atom is 0.262 e. The van der Waals surface area contributed by atoms with Crippen LogP contribution in [-0.4, -0.2) is 32.1 Å². The van der Waals surface area contributed by atoms with Crippen LogP contribution < -0.4 is 24.8 Å². The summed E-state index contributed by atoms with van der Waals surface area (Å²) in [5.74, 6) is 1.19. The van der Waals surface area contributed by atoms with Gasteiger partial charge in [0.15, 0.2) is 18.1 Å². The second-order valence-corrected chi connectivity index (χ2v) is 7.25. The van der Waals surface area contributed by atoms with Gasteiger partial charge in [0.2, 0.25) is 0 Å². The number of para-hydroxylation sites is 2. The lowest BCUT2D eigenvalue weighted by atomic mass is 10.2. The zero-order valence-electron chi connectivity index (χ0n) is 18.8. The highest BCUT2D eigenvalue weighted by atomic mass is 16.5. The normalized spacial score (nSPS) is 10.2. The minimum absolute atomic E-state index is 0.177. The molecule has 0 aliphatic heterocycles. The van der Waals surface area contributed by atoms with Crippen molar-refractivity contribution in [1.29, 1.82) is 0 Å². The van der Waals surface area contributed by atoms with E-state index in [2.05, 4.69) is 17.6 Å². The molecule has 0 bridgehead atoms. The summed E-state index contributed by atoms with van der Waals surface area (Å²) < 4.78 is 16.4. The minimum Gasteiger partial charge on any atom is -0.494 e. The van der Waals surface area contributed by atoms with E-state index in [1.807, 2.05) is 6.07 Å². The minimum atomic E-state index is -0.331. The average molecular weight is 449 g/mol. The van der Waals surface area contributed by atoms with Gasteiger partial charge in [0, 0.05) is 16.9 Å². The second kappa shape index (κ2) is 12.1. The van der Waals surface area contributed by atoms with Gasteiger partial charge >= 0.3 is 0 Å². The molecule has 2 N–H and O–H groups in total. The number of carbonyl (C=O) groups is 2. The molecule has 0 spiro atoms. The quantitative estimate of drug-likeness (QED) is 0.397. The molecule has 0 unspecified atom stereocenters. The molecule has 0 fully saturated rings. The van der Waals surface area contributed by atoms with Gasteiger partial charge in [-0.25, -0.2) is 0 Å². The number of benzene rings is 3. The van der Waals surface area contributed by atoms with Gasteiger partial charge in [0.25, 0.3) is 11.8 Å². The number of hydrogen-bond acceptors (Lipinski definition) is 5. The third-order valence-electron chi connectivity index (χ3n) is 4.72. The first kappa shape index (κ1) is 23.7. The van der Waals surface area contributed by atoms with E-state index in [0.717, 1.165) is 18.6 Å². The van der Waals surface area contributed by atoms with E-state index in [0.29, 0.717) is 35.0 Å². The van der Waals surface area contributed by atoms with E-state index in [-0.39, 0.29) is 18.4 Å². The molecule has 3 rings (SSSR count). The average Bonchev–Trinajstić information content (AvgIpc) is 2.83. The molecule has 3 aromatic rings. The highest BCUT2D eigenvalue weighted by Gasteiger charge is 2.10. The number of nitrogens with one attached hydrogen (secondary N) is 2. The Morgan fingerprint density at radius 1 is 0.818 bits per heavy atom. The molecule has 2 amide bonds. The first-order chi connectivity index (χ1) is 16.1. The zero-order valence-corrected chi connectivity index (χ0v) is 18.8. The van der Waals surface area contributed by atoms with E-state index in [1.165, 1.54) is 7.11 Å². The van der Waals surface area contributed by atoms with Gasteiger partial charge < -0.3 is 24.8 Å². The topological polar surface area (TPSA) is 85.9 Å². The molecule has 7 heteroatoms. The van der Waals surface area contributed by atoms with Crippen molar-refractivity contribution >= 4 is 23.2 Å². The van der Waals surface area contributed by atoms with Crippen molar-refractivity contribution in [3.8, 4) is 17.2 Å². The number of ether oxygens (including phenoxy) is 3. The monoisotopic (exact) mass is 448 g/mol. The predicted octanol–water partition coefficient (Wildman–Crippen LogP) is 5.14. The van der Waals surface area contributed by atoms with Gasteiger partial charge in [-0.1, -0.05) is 31.5 Å². The van der Waals surface area contributed by atoms with Crippen LogP contribution in [0.3, 0.4) is 0 Å². The summed E-state index contributed by atoms with van der Waals surface area (Å²) in [5, 5.41) is 5.60. The molecule has 7 nitrogen and oxygen atoms in total. The summed E-state index contributed by atoms with van der Waals surface area (Å²) in [4.78, 5) is 24.9. The number of unbranched alkanes of at least 4 members (excludes halogenated alkanes) is 1. The van der Waals surface area contributed by atoms with Crippen LogP contribution >= 0.6 is 0 Å². The number of anilines is 2. The molecule has 0 heterocycles. The fraction of sp³-hybridized carbons (Fsp3) is 0.231.